The van der Waals surface area contributed by atoms with Gasteiger partial charge in [-0.3, -0.25) is 38.4 Å². The molecule has 0 saturated carbocycles. The van der Waals surface area contributed by atoms with Crippen molar-refractivity contribution in [2.45, 2.75) is 161 Å². The Balaban J connectivity index is 2.26. The van der Waals surface area contributed by atoms with Crippen LogP contribution in [0.15, 0.2) is 54.6 Å². The van der Waals surface area contributed by atoms with Crippen LogP contribution in [0, 0.1) is 11.8 Å². The van der Waals surface area contributed by atoms with Gasteiger partial charge in [-0.25, -0.2) is 4.79 Å². The van der Waals surface area contributed by atoms with Crippen LogP contribution in [-0.2, 0) is 60.7 Å². The normalized spacial score (nSPS) is 22.8. The number of aliphatic hydroxyl groups is 1. The number of benzene rings is 2. The molecule has 2 aromatic carbocycles. The first kappa shape index (κ1) is 57.7. The number of hydrogen-bond acceptors (Lipinski definition) is 12. The van der Waals surface area contributed by atoms with Crippen molar-refractivity contribution in [3.8, 4) is 5.75 Å². The second-order valence-corrected chi connectivity index (χ2v) is 19.5. The van der Waals surface area contributed by atoms with Crippen LogP contribution in [-0.4, -0.2) is 131 Å². The van der Waals surface area contributed by atoms with Gasteiger partial charge in [0.05, 0.1) is 0 Å². The molecule has 20 heteroatoms. The molecule has 8 amide bonds. The molecule has 20 nitrogen and oxygen atoms in total. The first-order valence-corrected chi connectivity index (χ1v) is 23.8. The molecular weight excluding hydrogens is 905 g/mol. The number of nitrogens with one attached hydrogen (secondary N) is 6. The zero-order chi connectivity index (χ0) is 52.5. The number of aliphatic hydroxyl groups excluding tert-OH is 1. The maximum Gasteiger partial charge on any atom is 0.329 e. The van der Waals surface area contributed by atoms with Crippen molar-refractivity contribution in [3.05, 3.63) is 65.7 Å². The van der Waals surface area contributed by atoms with Gasteiger partial charge >= 0.3 is 5.97 Å². The summed E-state index contributed by atoms with van der Waals surface area (Å²) in [6.07, 6.45) is -2.20. The Labute approximate surface area is 410 Å². The highest BCUT2D eigenvalue weighted by Crippen LogP contribution is 2.21. The molecule has 3 rings (SSSR count). The number of likely N-dealkylation sites (N-methyl/N-ethyl adjacent to an activating group) is 1. The molecule has 0 aromatic heterocycles. The number of cyclic esters (lactones) is 1. The fraction of sp³-hybridized carbons (Fsp3) is 0.580. The molecule has 0 radical (unpaired) electrons. The van der Waals surface area contributed by atoms with Crippen LogP contribution in [0.25, 0.3) is 0 Å². The summed E-state index contributed by atoms with van der Waals surface area (Å²) >= 11 is 0. The minimum atomic E-state index is -1.75. The Morgan fingerprint density at radius 1 is 0.814 bits per heavy atom. The van der Waals surface area contributed by atoms with Crippen LogP contribution >= 0.6 is 0 Å². The maximum atomic E-state index is 14.9. The molecule has 386 valence electrons. The third-order valence-electron chi connectivity index (χ3n) is 11.4. The number of nitrogens with two attached hydrogens (primary N) is 1. The van der Waals surface area contributed by atoms with Crippen molar-refractivity contribution in [2.24, 2.45) is 17.6 Å². The van der Waals surface area contributed by atoms with Crippen molar-refractivity contribution in [1.82, 2.24) is 36.8 Å². The number of nitrogens with zero attached hydrogens (tertiary/aromatic N) is 1. The fourth-order valence-electron chi connectivity index (χ4n) is 7.72. The Morgan fingerprint density at radius 2 is 1.40 bits per heavy atom. The summed E-state index contributed by atoms with van der Waals surface area (Å²) in [7, 11) is 1.41. The summed E-state index contributed by atoms with van der Waals surface area (Å²) < 4.78 is 11.9. The fourth-order valence-corrected chi connectivity index (χ4v) is 7.72. The van der Waals surface area contributed by atoms with Crippen molar-refractivity contribution >= 4 is 53.2 Å². The Kier molecular flexibility index (Phi) is 22.3. The molecule has 8 unspecified atom stereocenters. The summed E-state index contributed by atoms with van der Waals surface area (Å²) in [5, 5.41) is 25.7. The average Bonchev–Trinajstić information content (AvgIpc) is 3.27. The molecular formula is C50H74N8O12. The third-order valence-corrected chi connectivity index (χ3v) is 11.4. The number of amides is 8. The predicted molar refractivity (Wildman–Crippen MR) is 259 cm³/mol. The van der Waals surface area contributed by atoms with E-state index in [-0.39, 0.29) is 57.5 Å². The van der Waals surface area contributed by atoms with E-state index in [1.54, 1.807) is 82.3 Å². The second-order valence-electron chi connectivity index (χ2n) is 19.5. The lowest BCUT2D eigenvalue weighted by Gasteiger charge is -2.33. The smallest absolute Gasteiger partial charge is 0.329 e. The van der Waals surface area contributed by atoms with Gasteiger partial charge in [-0.1, -0.05) is 70.2 Å². The van der Waals surface area contributed by atoms with Gasteiger partial charge in [0.2, 0.25) is 47.3 Å². The molecule has 0 aliphatic carbocycles. The molecule has 1 aliphatic heterocycles. The lowest BCUT2D eigenvalue weighted by Crippen LogP contribution is -2.61. The Bertz CT molecular complexity index is 2130. The number of rotatable bonds is 17. The van der Waals surface area contributed by atoms with Crippen LogP contribution < -0.4 is 42.4 Å². The predicted octanol–water partition coefficient (Wildman–Crippen LogP) is 1.09. The number of esters is 1. The summed E-state index contributed by atoms with van der Waals surface area (Å²) in [4.78, 5) is 126. The molecule has 1 saturated heterocycles. The van der Waals surface area contributed by atoms with E-state index in [4.69, 9.17) is 15.2 Å². The molecule has 0 bridgehead atoms. The van der Waals surface area contributed by atoms with Gasteiger partial charge in [-0.15, -0.1) is 0 Å². The van der Waals surface area contributed by atoms with Crippen molar-refractivity contribution < 1.29 is 57.7 Å². The Morgan fingerprint density at radius 3 is 1.96 bits per heavy atom. The molecule has 1 aliphatic rings. The number of carbonyl (C=O) groups is 9. The first-order valence-electron chi connectivity index (χ1n) is 23.8. The van der Waals surface area contributed by atoms with E-state index in [0.717, 1.165) is 6.92 Å². The standard InChI is InChI=1S/C50H74N8O12/c1-28(2)25-37-45(64)53-35(17-14-24-59)43(62)55-38(26-32-15-12-11-13-16-32)48(67)58(10)39(27-33-18-20-34(21-19-33)70-50(7,8)9)46(65)56-41(29(3)4)49(68)69-30(5)42(47(66)54-37)57-44(63)36(52-31(6)60)22-23-40(51)61/h11-13,15-16,18-21,28-30,35-39,41-42,59H,14,17,22-27H2,1-10H3,(H2,51,61)(H,52,60)(H,53,64)(H,54,66)(H,55,62)(H,56,65)(H,57,63). The van der Waals surface area contributed by atoms with Crippen LogP contribution in [0.1, 0.15) is 106 Å². The maximum absolute atomic E-state index is 14.9. The molecule has 1 fully saturated rings. The molecule has 9 N–H and O–H groups in total. The van der Waals surface area contributed by atoms with E-state index in [1.807, 2.05) is 20.8 Å². The molecule has 2 aromatic rings. The zero-order valence-corrected chi connectivity index (χ0v) is 42.1. The molecule has 70 heavy (non-hydrogen) atoms. The van der Waals surface area contributed by atoms with E-state index in [2.05, 4.69) is 31.9 Å². The van der Waals surface area contributed by atoms with E-state index in [0.29, 0.717) is 16.9 Å². The SMILES string of the molecule is CC(=O)NC(CCC(N)=O)C(=O)NC1C(=O)NC(CC(C)C)C(=O)NC(CCCO)C(=O)NC(Cc2ccccc2)C(=O)N(C)C(Cc2ccc(OC(C)(C)C)cc2)C(=O)NC(C(C)C)C(=O)OC1C. The van der Waals surface area contributed by atoms with Crippen LogP contribution in [0.3, 0.4) is 0 Å². The minimum Gasteiger partial charge on any atom is -0.488 e. The summed E-state index contributed by atoms with van der Waals surface area (Å²) in [5.41, 5.74) is 6.10. The van der Waals surface area contributed by atoms with Crippen molar-refractivity contribution in [1.29, 1.82) is 0 Å². The molecule has 0 spiro atoms. The highest BCUT2D eigenvalue weighted by Gasteiger charge is 2.40. The third kappa shape index (κ3) is 18.7. The van der Waals surface area contributed by atoms with Crippen LogP contribution in [0.2, 0.25) is 0 Å². The summed E-state index contributed by atoms with van der Waals surface area (Å²) in [5.74, 6) is -7.73. The van der Waals surface area contributed by atoms with E-state index < -0.39 is 113 Å². The van der Waals surface area contributed by atoms with Gasteiger partial charge in [-0.05, 0) is 88.5 Å². The van der Waals surface area contributed by atoms with Crippen LogP contribution in [0.4, 0.5) is 0 Å². The van der Waals surface area contributed by atoms with Gasteiger partial charge in [0.15, 0.2) is 0 Å². The second kappa shape index (κ2) is 27.0. The highest BCUT2D eigenvalue weighted by molar-refractivity contribution is 5.98. The van der Waals surface area contributed by atoms with E-state index >= 15 is 0 Å². The van der Waals surface area contributed by atoms with E-state index in [9.17, 15) is 48.3 Å². The lowest BCUT2D eigenvalue weighted by molar-refractivity contribution is -0.157. The highest BCUT2D eigenvalue weighted by atomic mass is 16.5. The van der Waals surface area contributed by atoms with E-state index in [1.165, 1.54) is 18.9 Å². The van der Waals surface area contributed by atoms with Gasteiger partial charge in [-0.2, -0.15) is 0 Å². The van der Waals surface area contributed by atoms with Gasteiger partial charge in [0.25, 0.3) is 0 Å². The minimum absolute atomic E-state index is 0.0168. The number of hydrogen-bond donors (Lipinski definition) is 8. The van der Waals surface area contributed by atoms with Crippen molar-refractivity contribution in [2.75, 3.05) is 13.7 Å². The number of primary amides is 1. The van der Waals surface area contributed by atoms with Gasteiger partial charge in [0.1, 0.15) is 59.7 Å². The summed E-state index contributed by atoms with van der Waals surface area (Å²) in [6.45, 7) is 14.6. The Hall–Kier alpha value is -6.57. The molecule has 8 atom stereocenters. The lowest BCUT2D eigenvalue weighted by atomic mass is 9.99. The van der Waals surface area contributed by atoms with Gasteiger partial charge < -0.3 is 57.1 Å². The quantitative estimate of drug-likeness (QED) is 0.103. The molecule has 1 heterocycles. The first-order chi connectivity index (χ1) is 32.8. The zero-order valence-electron chi connectivity index (χ0n) is 42.1. The average molecular weight is 979 g/mol. The summed E-state index contributed by atoms with van der Waals surface area (Å²) in [6, 6.07) is 5.96. The van der Waals surface area contributed by atoms with Crippen molar-refractivity contribution in [3.63, 3.8) is 0 Å². The largest absolute Gasteiger partial charge is 0.488 e. The number of ether oxygens (including phenoxy) is 2. The number of carbonyl (C=O) groups excluding carboxylic acids is 9. The topological polar surface area (TPSA) is 294 Å². The van der Waals surface area contributed by atoms with Crippen LogP contribution in [0.5, 0.6) is 5.75 Å². The van der Waals surface area contributed by atoms with Gasteiger partial charge in [0, 0.05) is 39.8 Å². The monoisotopic (exact) mass is 979 g/mol.